The van der Waals surface area contributed by atoms with E-state index in [1.54, 1.807) is 0 Å². The van der Waals surface area contributed by atoms with E-state index in [4.69, 9.17) is 4.55 Å². The Morgan fingerprint density at radius 1 is 1.56 bits per heavy atom. The SMILES string of the molecule is O=S(O)OC(CBr)CBr. The van der Waals surface area contributed by atoms with Crippen molar-refractivity contribution in [3.8, 4) is 0 Å². The van der Waals surface area contributed by atoms with Crippen molar-refractivity contribution in [2.24, 2.45) is 0 Å². The van der Waals surface area contributed by atoms with Crippen LogP contribution in [0.4, 0.5) is 0 Å². The van der Waals surface area contributed by atoms with Gasteiger partial charge >= 0.3 is 11.4 Å². The summed E-state index contributed by atoms with van der Waals surface area (Å²) in [7, 11) is 0. The van der Waals surface area contributed by atoms with Crippen molar-refractivity contribution >= 4 is 43.2 Å². The molecule has 0 saturated heterocycles. The Bertz CT molecular complexity index is 95.1. The molecule has 56 valence electrons. The summed E-state index contributed by atoms with van der Waals surface area (Å²) in [5.74, 6) is 0. The van der Waals surface area contributed by atoms with Crippen LogP contribution >= 0.6 is 31.9 Å². The van der Waals surface area contributed by atoms with E-state index in [-0.39, 0.29) is 6.10 Å². The Hall–Kier alpha value is 1.03. The van der Waals surface area contributed by atoms with Gasteiger partial charge in [0.15, 0.2) is 0 Å². The highest BCUT2D eigenvalue weighted by molar-refractivity contribution is 9.09. The van der Waals surface area contributed by atoms with Gasteiger partial charge in [-0.05, 0) is 0 Å². The molecule has 0 aliphatic carbocycles. The number of hydrogen-bond donors (Lipinski definition) is 1. The van der Waals surface area contributed by atoms with Crippen molar-refractivity contribution < 1.29 is 12.9 Å². The van der Waals surface area contributed by atoms with Crippen LogP contribution in [-0.2, 0) is 15.5 Å². The van der Waals surface area contributed by atoms with Gasteiger partial charge in [-0.3, -0.25) is 8.74 Å². The molecule has 1 unspecified atom stereocenters. The molecule has 0 aromatic carbocycles. The van der Waals surface area contributed by atoms with Gasteiger partial charge in [-0.15, -0.1) is 0 Å². The summed E-state index contributed by atoms with van der Waals surface area (Å²) >= 11 is 4.05. The summed E-state index contributed by atoms with van der Waals surface area (Å²) in [5, 5.41) is 1.09. The van der Waals surface area contributed by atoms with E-state index in [0.29, 0.717) is 10.7 Å². The van der Waals surface area contributed by atoms with Crippen molar-refractivity contribution in [3.63, 3.8) is 0 Å². The maximum atomic E-state index is 9.97. The molecule has 0 aromatic heterocycles. The average Bonchev–Trinajstić information content (AvgIpc) is 1.82. The predicted molar refractivity (Wildman–Crippen MR) is 43.2 cm³/mol. The molecule has 0 spiro atoms. The van der Waals surface area contributed by atoms with Crippen LogP contribution in [0, 0.1) is 0 Å². The fraction of sp³-hybridized carbons (Fsp3) is 1.00. The van der Waals surface area contributed by atoms with E-state index in [9.17, 15) is 4.21 Å². The van der Waals surface area contributed by atoms with Crippen LogP contribution in [0.1, 0.15) is 0 Å². The molecule has 0 aliphatic heterocycles. The third-order valence-corrected chi connectivity index (χ3v) is 2.44. The van der Waals surface area contributed by atoms with Gasteiger partial charge in [0.1, 0.15) is 0 Å². The normalized spacial score (nSPS) is 14.2. The summed E-state index contributed by atoms with van der Waals surface area (Å²) in [6.45, 7) is 0. The molecule has 6 heteroatoms. The van der Waals surface area contributed by atoms with Gasteiger partial charge in [-0.2, -0.15) is 4.21 Å². The molecule has 0 bridgehead atoms. The second-order valence-electron chi connectivity index (χ2n) is 1.24. The fourth-order valence-electron chi connectivity index (χ4n) is 0.209. The first-order valence-corrected chi connectivity index (χ1v) is 5.38. The van der Waals surface area contributed by atoms with Crippen LogP contribution in [0.15, 0.2) is 0 Å². The molecule has 0 heterocycles. The predicted octanol–water partition coefficient (Wildman–Crippen LogP) is 1.30. The standard InChI is InChI=1S/C3H6Br2O3S/c4-1-3(2-5)8-9(6)7/h3H,1-2H2,(H,6,7). The second kappa shape index (κ2) is 5.79. The van der Waals surface area contributed by atoms with E-state index in [2.05, 4.69) is 36.0 Å². The zero-order chi connectivity index (χ0) is 7.28. The summed E-state index contributed by atoms with van der Waals surface area (Å²) in [6, 6.07) is 0. The average molecular weight is 282 g/mol. The fourth-order valence-corrected chi connectivity index (χ4v) is 2.26. The summed E-state index contributed by atoms with van der Waals surface area (Å²) < 4.78 is 22.7. The Morgan fingerprint density at radius 3 is 2.11 bits per heavy atom. The van der Waals surface area contributed by atoms with Crippen molar-refractivity contribution in [1.82, 2.24) is 0 Å². The minimum atomic E-state index is -2.16. The minimum absolute atomic E-state index is 0.240. The molecule has 0 saturated carbocycles. The van der Waals surface area contributed by atoms with E-state index < -0.39 is 11.4 Å². The van der Waals surface area contributed by atoms with E-state index in [0.717, 1.165) is 0 Å². The zero-order valence-corrected chi connectivity index (χ0v) is 8.41. The van der Waals surface area contributed by atoms with Gasteiger partial charge in [0.05, 0.1) is 6.10 Å². The lowest BCUT2D eigenvalue weighted by Crippen LogP contribution is -2.17. The number of halogens is 2. The number of hydrogen-bond acceptors (Lipinski definition) is 2. The maximum Gasteiger partial charge on any atom is 0.302 e. The van der Waals surface area contributed by atoms with Gasteiger partial charge in [0, 0.05) is 10.7 Å². The third kappa shape index (κ3) is 5.47. The highest BCUT2D eigenvalue weighted by atomic mass is 79.9. The Labute approximate surface area is 72.9 Å². The minimum Gasteiger partial charge on any atom is -0.284 e. The molecule has 1 N–H and O–H groups in total. The van der Waals surface area contributed by atoms with E-state index >= 15 is 0 Å². The van der Waals surface area contributed by atoms with Gasteiger partial charge < -0.3 is 0 Å². The van der Waals surface area contributed by atoms with Crippen LogP contribution in [0.5, 0.6) is 0 Å². The first-order chi connectivity index (χ1) is 4.20. The Kier molecular flexibility index (Phi) is 6.45. The molecule has 0 radical (unpaired) electrons. The van der Waals surface area contributed by atoms with Crippen molar-refractivity contribution in [2.75, 3.05) is 10.7 Å². The quantitative estimate of drug-likeness (QED) is 0.624. The van der Waals surface area contributed by atoms with Crippen LogP contribution < -0.4 is 0 Å². The van der Waals surface area contributed by atoms with Gasteiger partial charge in [0.2, 0.25) is 0 Å². The highest BCUT2D eigenvalue weighted by Gasteiger charge is 2.07. The first kappa shape index (κ1) is 10.0. The molecule has 3 nitrogen and oxygen atoms in total. The van der Waals surface area contributed by atoms with Crippen LogP contribution in [0.25, 0.3) is 0 Å². The van der Waals surface area contributed by atoms with Crippen molar-refractivity contribution in [3.05, 3.63) is 0 Å². The Balaban J connectivity index is 3.43. The Morgan fingerprint density at radius 2 is 2.00 bits per heavy atom. The van der Waals surface area contributed by atoms with Crippen LogP contribution in [-0.4, -0.2) is 25.5 Å². The molecular weight excluding hydrogens is 276 g/mol. The second-order valence-corrected chi connectivity index (χ2v) is 3.17. The molecule has 0 fully saturated rings. The molecular formula is C3H6Br2O3S. The zero-order valence-electron chi connectivity index (χ0n) is 4.42. The molecule has 9 heavy (non-hydrogen) atoms. The topological polar surface area (TPSA) is 46.5 Å². The lowest BCUT2D eigenvalue weighted by molar-refractivity contribution is 0.252. The van der Waals surface area contributed by atoms with Gasteiger partial charge in [0.25, 0.3) is 0 Å². The largest absolute Gasteiger partial charge is 0.302 e. The smallest absolute Gasteiger partial charge is 0.284 e. The lowest BCUT2D eigenvalue weighted by Gasteiger charge is -2.05. The highest BCUT2D eigenvalue weighted by Crippen LogP contribution is 2.02. The summed E-state index contributed by atoms with van der Waals surface area (Å²) in [6.07, 6.45) is -0.240. The first-order valence-electron chi connectivity index (χ1n) is 2.10. The monoisotopic (exact) mass is 280 g/mol. The van der Waals surface area contributed by atoms with Crippen LogP contribution in [0.3, 0.4) is 0 Å². The van der Waals surface area contributed by atoms with Gasteiger partial charge in [-0.25, -0.2) is 0 Å². The van der Waals surface area contributed by atoms with E-state index in [1.807, 2.05) is 0 Å². The van der Waals surface area contributed by atoms with Crippen LogP contribution in [0.2, 0.25) is 0 Å². The molecule has 0 amide bonds. The summed E-state index contributed by atoms with van der Waals surface area (Å²) in [5.41, 5.74) is 0. The molecule has 0 rings (SSSR count). The summed E-state index contributed by atoms with van der Waals surface area (Å²) in [4.78, 5) is 0. The van der Waals surface area contributed by atoms with E-state index in [1.165, 1.54) is 0 Å². The number of rotatable bonds is 4. The maximum absolute atomic E-state index is 9.97. The number of alkyl halides is 2. The van der Waals surface area contributed by atoms with Crippen molar-refractivity contribution in [1.29, 1.82) is 0 Å². The molecule has 0 aliphatic rings. The van der Waals surface area contributed by atoms with Gasteiger partial charge in [-0.1, -0.05) is 31.9 Å². The van der Waals surface area contributed by atoms with Crippen molar-refractivity contribution in [2.45, 2.75) is 6.10 Å². The third-order valence-electron chi connectivity index (χ3n) is 0.563. The lowest BCUT2D eigenvalue weighted by atomic mass is 10.5. The molecule has 0 aromatic rings. The molecule has 1 atom stereocenters.